The topological polar surface area (TPSA) is 55.4 Å². The van der Waals surface area contributed by atoms with Crippen molar-refractivity contribution in [2.75, 3.05) is 11.9 Å². The number of allylic oxidation sites excluding steroid dienone is 1. The summed E-state index contributed by atoms with van der Waals surface area (Å²) in [5.74, 6) is -0.847. The number of esters is 1. The first-order chi connectivity index (χ1) is 9.01. The Morgan fingerprint density at radius 1 is 1.21 bits per heavy atom. The van der Waals surface area contributed by atoms with Gasteiger partial charge in [0.15, 0.2) is 6.61 Å². The van der Waals surface area contributed by atoms with E-state index in [-0.39, 0.29) is 12.5 Å². The Labute approximate surface area is 113 Å². The fourth-order valence-corrected chi connectivity index (χ4v) is 1.64. The van der Waals surface area contributed by atoms with E-state index in [1.165, 1.54) is 6.08 Å². The summed E-state index contributed by atoms with van der Waals surface area (Å²) in [5.41, 5.74) is 2.85. The molecule has 102 valence electrons. The molecule has 0 aliphatic carbocycles. The highest BCUT2D eigenvalue weighted by atomic mass is 16.5. The second kappa shape index (κ2) is 7.36. The highest BCUT2D eigenvalue weighted by Crippen LogP contribution is 2.13. The number of rotatable bonds is 5. The molecule has 0 aromatic heterocycles. The van der Waals surface area contributed by atoms with Crippen molar-refractivity contribution < 1.29 is 14.3 Å². The third kappa shape index (κ3) is 5.86. The van der Waals surface area contributed by atoms with E-state index in [4.69, 9.17) is 4.74 Å². The molecule has 0 heterocycles. The van der Waals surface area contributed by atoms with Crippen LogP contribution in [0.15, 0.2) is 30.4 Å². The number of anilines is 1. The van der Waals surface area contributed by atoms with E-state index in [1.807, 2.05) is 39.0 Å². The van der Waals surface area contributed by atoms with Gasteiger partial charge in [-0.2, -0.15) is 0 Å². The third-order valence-corrected chi connectivity index (χ3v) is 2.34. The lowest BCUT2D eigenvalue weighted by molar-refractivity contribution is -0.142. The van der Waals surface area contributed by atoms with Crippen LogP contribution in [-0.4, -0.2) is 18.5 Å². The Hall–Kier alpha value is -2.10. The number of hydrogen-bond acceptors (Lipinski definition) is 3. The molecule has 1 N–H and O–H groups in total. The molecule has 0 atom stereocenters. The second-order valence-electron chi connectivity index (χ2n) is 4.34. The van der Waals surface area contributed by atoms with E-state index >= 15 is 0 Å². The molecule has 0 aliphatic rings. The van der Waals surface area contributed by atoms with E-state index in [0.717, 1.165) is 17.5 Å². The zero-order valence-electron chi connectivity index (χ0n) is 11.5. The van der Waals surface area contributed by atoms with Gasteiger partial charge in [0.1, 0.15) is 0 Å². The average Bonchev–Trinajstić information content (AvgIpc) is 2.32. The smallest absolute Gasteiger partial charge is 0.330 e. The summed E-state index contributed by atoms with van der Waals surface area (Å²) in [6, 6.07) is 5.75. The molecule has 1 aromatic carbocycles. The Morgan fingerprint density at radius 3 is 2.42 bits per heavy atom. The predicted molar refractivity (Wildman–Crippen MR) is 74.9 cm³/mol. The van der Waals surface area contributed by atoms with E-state index < -0.39 is 5.97 Å². The quantitative estimate of drug-likeness (QED) is 0.655. The molecule has 0 unspecified atom stereocenters. The van der Waals surface area contributed by atoms with Crippen molar-refractivity contribution in [1.82, 2.24) is 0 Å². The van der Waals surface area contributed by atoms with Crippen LogP contribution < -0.4 is 5.32 Å². The second-order valence-corrected chi connectivity index (χ2v) is 4.34. The number of carbonyl (C=O) groups is 2. The molecular weight excluding hydrogens is 242 g/mol. The van der Waals surface area contributed by atoms with Crippen LogP contribution in [0.5, 0.6) is 0 Å². The fraction of sp³-hybridized carbons (Fsp3) is 0.333. The number of hydrogen-bond donors (Lipinski definition) is 1. The molecule has 1 amide bonds. The van der Waals surface area contributed by atoms with Crippen LogP contribution in [0.25, 0.3) is 0 Å². The molecule has 0 aliphatic heterocycles. The first kappa shape index (κ1) is 15.0. The summed E-state index contributed by atoms with van der Waals surface area (Å²) in [5, 5.41) is 2.69. The minimum atomic E-state index is -0.502. The summed E-state index contributed by atoms with van der Waals surface area (Å²) in [6.45, 7) is 5.55. The van der Waals surface area contributed by atoms with E-state index in [0.29, 0.717) is 5.69 Å². The summed E-state index contributed by atoms with van der Waals surface area (Å²) in [7, 11) is 0. The van der Waals surface area contributed by atoms with Gasteiger partial charge in [-0.25, -0.2) is 4.79 Å². The maximum absolute atomic E-state index is 11.6. The van der Waals surface area contributed by atoms with Crippen molar-refractivity contribution in [3.8, 4) is 0 Å². The van der Waals surface area contributed by atoms with Crippen LogP contribution in [0.1, 0.15) is 24.5 Å². The zero-order chi connectivity index (χ0) is 14.3. The third-order valence-electron chi connectivity index (χ3n) is 2.34. The van der Waals surface area contributed by atoms with Crippen LogP contribution in [0.3, 0.4) is 0 Å². The maximum atomic E-state index is 11.6. The SMILES string of the molecule is CC/C=C/C(=O)OCC(=O)Nc1cc(C)cc(C)c1. The lowest BCUT2D eigenvalue weighted by atomic mass is 10.1. The normalized spacial score (nSPS) is 10.5. The number of ether oxygens (including phenoxy) is 1. The van der Waals surface area contributed by atoms with Crippen LogP contribution in [-0.2, 0) is 14.3 Å². The summed E-state index contributed by atoms with van der Waals surface area (Å²) < 4.78 is 4.80. The van der Waals surface area contributed by atoms with Crippen LogP contribution in [0.4, 0.5) is 5.69 Å². The largest absolute Gasteiger partial charge is 0.452 e. The number of amides is 1. The summed E-state index contributed by atoms with van der Waals surface area (Å²) in [6.07, 6.45) is 3.76. The Bertz CT molecular complexity index is 472. The van der Waals surface area contributed by atoms with Gasteiger partial charge >= 0.3 is 5.97 Å². The van der Waals surface area contributed by atoms with Gasteiger partial charge in [-0.1, -0.05) is 19.1 Å². The van der Waals surface area contributed by atoms with Crippen LogP contribution in [0, 0.1) is 13.8 Å². The molecule has 0 saturated carbocycles. The number of carbonyl (C=O) groups excluding carboxylic acids is 2. The Kier molecular flexibility index (Phi) is 5.79. The highest BCUT2D eigenvalue weighted by molar-refractivity contribution is 5.93. The number of nitrogens with one attached hydrogen (secondary N) is 1. The maximum Gasteiger partial charge on any atom is 0.330 e. The molecular formula is C15H19NO3. The van der Waals surface area contributed by atoms with Gasteiger partial charge in [0.25, 0.3) is 5.91 Å². The fourth-order valence-electron chi connectivity index (χ4n) is 1.64. The van der Waals surface area contributed by atoms with E-state index in [9.17, 15) is 9.59 Å². The summed E-state index contributed by atoms with van der Waals surface area (Å²) in [4.78, 5) is 22.8. The Balaban J connectivity index is 2.47. The van der Waals surface area contributed by atoms with Gasteiger partial charge < -0.3 is 10.1 Å². The van der Waals surface area contributed by atoms with Gasteiger partial charge in [-0.15, -0.1) is 0 Å². The van der Waals surface area contributed by atoms with Crippen LogP contribution in [0.2, 0.25) is 0 Å². The van der Waals surface area contributed by atoms with Gasteiger partial charge in [0.05, 0.1) is 0 Å². The lowest BCUT2D eigenvalue weighted by Gasteiger charge is -2.07. The number of benzene rings is 1. The van der Waals surface area contributed by atoms with Crippen molar-refractivity contribution in [2.24, 2.45) is 0 Å². The minimum absolute atomic E-state index is 0.278. The van der Waals surface area contributed by atoms with Crippen LogP contribution >= 0.6 is 0 Å². The molecule has 4 nitrogen and oxygen atoms in total. The summed E-state index contributed by atoms with van der Waals surface area (Å²) >= 11 is 0. The van der Waals surface area contributed by atoms with Gasteiger partial charge in [-0.3, -0.25) is 4.79 Å². The van der Waals surface area contributed by atoms with E-state index in [2.05, 4.69) is 5.32 Å². The van der Waals surface area contributed by atoms with Gasteiger partial charge in [0, 0.05) is 11.8 Å². The molecule has 19 heavy (non-hydrogen) atoms. The molecule has 1 rings (SSSR count). The minimum Gasteiger partial charge on any atom is -0.452 e. The molecule has 0 fully saturated rings. The van der Waals surface area contributed by atoms with E-state index in [1.54, 1.807) is 6.08 Å². The van der Waals surface area contributed by atoms with Gasteiger partial charge in [0.2, 0.25) is 0 Å². The zero-order valence-corrected chi connectivity index (χ0v) is 11.5. The van der Waals surface area contributed by atoms with Crippen molar-refractivity contribution in [3.05, 3.63) is 41.5 Å². The van der Waals surface area contributed by atoms with Gasteiger partial charge in [-0.05, 0) is 43.5 Å². The van der Waals surface area contributed by atoms with Crippen molar-refractivity contribution in [2.45, 2.75) is 27.2 Å². The first-order valence-corrected chi connectivity index (χ1v) is 6.22. The first-order valence-electron chi connectivity index (χ1n) is 6.22. The highest BCUT2D eigenvalue weighted by Gasteiger charge is 2.06. The Morgan fingerprint density at radius 2 is 1.84 bits per heavy atom. The standard InChI is InChI=1S/C15H19NO3/c1-4-5-6-15(18)19-10-14(17)16-13-8-11(2)7-12(3)9-13/h5-9H,4,10H2,1-3H3,(H,16,17)/b6-5+. The molecule has 0 radical (unpaired) electrons. The lowest BCUT2D eigenvalue weighted by Crippen LogP contribution is -2.20. The molecule has 0 saturated heterocycles. The number of aryl methyl sites for hydroxylation is 2. The molecule has 0 spiro atoms. The van der Waals surface area contributed by atoms with Crippen molar-refractivity contribution >= 4 is 17.6 Å². The predicted octanol–water partition coefficient (Wildman–Crippen LogP) is 2.75. The molecule has 1 aromatic rings. The van der Waals surface area contributed by atoms with Crippen molar-refractivity contribution in [1.29, 1.82) is 0 Å². The monoisotopic (exact) mass is 261 g/mol. The average molecular weight is 261 g/mol. The van der Waals surface area contributed by atoms with Crippen molar-refractivity contribution in [3.63, 3.8) is 0 Å². The molecule has 4 heteroatoms. The molecule has 0 bridgehead atoms.